The first-order valence-electron chi connectivity index (χ1n) is 6.89. The van der Waals surface area contributed by atoms with E-state index in [0.29, 0.717) is 34.9 Å². The van der Waals surface area contributed by atoms with Crippen LogP contribution in [0.25, 0.3) is 10.9 Å². The summed E-state index contributed by atoms with van der Waals surface area (Å²) in [5.74, 6) is 0.965. The van der Waals surface area contributed by atoms with Crippen molar-refractivity contribution in [3.05, 3.63) is 34.6 Å². The number of rotatable bonds is 3. The number of hydrogen-bond donors (Lipinski definition) is 4. The van der Waals surface area contributed by atoms with Crippen molar-refractivity contribution in [1.82, 2.24) is 20.8 Å². The third-order valence-electron chi connectivity index (χ3n) is 3.94. The molecule has 0 bridgehead atoms. The largest absolute Gasteiger partial charge is 0.355 e. The smallest absolute Gasteiger partial charge is 0.260 e. The fraction of sp³-hybridized carbons (Fsp3) is 0.429. The van der Waals surface area contributed by atoms with E-state index >= 15 is 0 Å². The fourth-order valence-electron chi connectivity index (χ4n) is 2.65. The number of H-pyrrole nitrogens is 1. The molecule has 1 aliphatic heterocycles. The summed E-state index contributed by atoms with van der Waals surface area (Å²) < 4.78 is 0. The van der Waals surface area contributed by atoms with Gasteiger partial charge in [0.05, 0.1) is 10.9 Å². The predicted molar refractivity (Wildman–Crippen MR) is 79.5 cm³/mol. The third-order valence-corrected chi connectivity index (χ3v) is 3.94. The number of aromatic nitrogens is 2. The molecule has 6 heteroatoms. The maximum atomic E-state index is 12.0. The molecule has 0 amide bonds. The summed E-state index contributed by atoms with van der Waals surface area (Å²) in [7, 11) is 0. The van der Waals surface area contributed by atoms with Gasteiger partial charge in [-0.2, -0.15) is 0 Å². The zero-order chi connectivity index (χ0) is 14.1. The molecule has 2 unspecified atom stereocenters. The first-order valence-corrected chi connectivity index (χ1v) is 6.89. The van der Waals surface area contributed by atoms with E-state index in [1.807, 2.05) is 18.2 Å². The van der Waals surface area contributed by atoms with E-state index in [1.54, 1.807) is 6.07 Å². The number of nitrogens with one attached hydrogen (secondary N) is 4. The lowest BCUT2D eigenvalue weighted by Gasteiger charge is -2.18. The lowest BCUT2D eigenvalue weighted by Crippen LogP contribution is -2.31. The lowest BCUT2D eigenvalue weighted by molar-refractivity contribution is 0.465. The number of para-hydroxylation sites is 1. The fourth-order valence-corrected chi connectivity index (χ4v) is 2.65. The van der Waals surface area contributed by atoms with Crippen molar-refractivity contribution in [2.24, 2.45) is 5.92 Å². The van der Waals surface area contributed by atoms with Crippen LogP contribution in [0, 0.1) is 5.92 Å². The number of fused-ring (bicyclic) bond motifs is 1. The Morgan fingerprint density at radius 1 is 1.20 bits per heavy atom. The van der Waals surface area contributed by atoms with Gasteiger partial charge in [-0.1, -0.05) is 12.1 Å². The van der Waals surface area contributed by atoms with Crippen molar-refractivity contribution in [2.45, 2.75) is 25.9 Å². The Morgan fingerprint density at radius 2 is 1.90 bits per heavy atom. The number of anilines is 1. The minimum Gasteiger partial charge on any atom is -0.355 e. The van der Waals surface area contributed by atoms with Gasteiger partial charge in [-0.15, -0.1) is 0 Å². The van der Waals surface area contributed by atoms with Gasteiger partial charge >= 0.3 is 0 Å². The van der Waals surface area contributed by atoms with Crippen LogP contribution in [0.15, 0.2) is 29.1 Å². The van der Waals surface area contributed by atoms with Gasteiger partial charge in [0.1, 0.15) is 0 Å². The van der Waals surface area contributed by atoms with Crippen LogP contribution in [0.3, 0.4) is 0 Å². The van der Waals surface area contributed by atoms with E-state index in [9.17, 15) is 4.79 Å². The number of nitrogens with zero attached hydrogens (tertiary/aromatic N) is 1. The number of aromatic amines is 1. The Balaban J connectivity index is 1.79. The van der Waals surface area contributed by atoms with Crippen molar-refractivity contribution in [1.29, 1.82) is 0 Å². The molecule has 2 heterocycles. The monoisotopic (exact) mass is 273 g/mol. The normalized spacial score (nSPS) is 26.0. The third kappa shape index (κ3) is 2.39. The molecule has 1 saturated heterocycles. The van der Waals surface area contributed by atoms with Crippen molar-refractivity contribution < 1.29 is 0 Å². The van der Waals surface area contributed by atoms with Gasteiger partial charge < -0.3 is 5.32 Å². The molecule has 1 fully saturated rings. The van der Waals surface area contributed by atoms with Crippen molar-refractivity contribution in [2.75, 3.05) is 11.9 Å². The molecule has 2 atom stereocenters. The maximum absolute atomic E-state index is 12.0. The van der Waals surface area contributed by atoms with Gasteiger partial charge in [-0.25, -0.2) is 4.98 Å². The van der Waals surface area contributed by atoms with Gasteiger partial charge in [-0.3, -0.25) is 20.6 Å². The zero-order valence-corrected chi connectivity index (χ0v) is 11.6. The average Bonchev–Trinajstić information content (AvgIpc) is 2.76. The van der Waals surface area contributed by atoms with E-state index in [2.05, 4.69) is 40.0 Å². The molecule has 0 spiro atoms. The van der Waals surface area contributed by atoms with E-state index < -0.39 is 0 Å². The van der Waals surface area contributed by atoms with Gasteiger partial charge in [0.25, 0.3) is 5.56 Å². The lowest BCUT2D eigenvalue weighted by atomic mass is 9.97. The van der Waals surface area contributed by atoms with E-state index in [0.717, 1.165) is 6.54 Å². The second kappa shape index (κ2) is 5.22. The molecule has 3 rings (SSSR count). The Bertz CT molecular complexity index is 658. The molecular formula is C14H19N5O. The summed E-state index contributed by atoms with van der Waals surface area (Å²) >= 11 is 0. The highest BCUT2D eigenvalue weighted by atomic mass is 16.1. The Labute approximate surface area is 117 Å². The Hall–Kier alpha value is -1.92. The van der Waals surface area contributed by atoms with Crippen molar-refractivity contribution in [3.63, 3.8) is 0 Å². The maximum Gasteiger partial charge on any atom is 0.260 e. The second-order valence-electron chi connectivity index (χ2n) is 5.34. The molecule has 2 aromatic rings. The molecule has 0 saturated carbocycles. The number of benzene rings is 1. The van der Waals surface area contributed by atoms with Crippen molar-refractivity contribution >= 4 is 16.9 Å². The summed E-state index contributed by atoms with van der Waals surface area (Å²) in [6.07, 6.45) is 0. The number of hydrazine groups is 1. The van der Waals surface area contributed by atoms with Crippen LogP contribution in [0.4, 0.5) is 5.95 Å². The molecular weight excluding hydrogens is 254 g/mol. The van der Waals surface area contributed by atoms with Crippen molar-refractivity contribution in [3.8, 4) is 0 Å². The molecule has 4 N–H and O–H groups in total. The van der Waals surface area contributed by atoms with E-state index in [1.165, 1.54) is 0 Å². The summed E-state index contributed by atoms with van der Waals surface area (Å²) in [4.78, 5) is 19.2. The highest BCUT2D eigenvalue weighted by Gasteiger charge is 2.29. The summed E-state index contributed by atoms with van der Waals surface area (Å²) in [6.45, 7) is 5.03. The van der Waals surface area contributed by atoms with Crippen LogP contribution in [0.5, 0.6) is 0 Å². The molecule has 1 aromatic carbocycles. The van der Waals surface area contributed by atoms with Crippen LogP contribution in [-0.2, 0) is 0 Å². The van der Waals surface area contributed by atoms with Crippen LogP contribution in [0.1, 0.15) is 13.8 Å². The van der Waals surface area contributed by atoms with E-state index in [-0.39, 0.29) is 5.56 Å². The molecule has 1 aromatic heterocycles. The minimum absolute atomic E-state index is 0.109. The molecule has 0 aliphatic carbocycles. The summed E-state index contributed by atoms with van der Waals surface area (Å²) in [5.41, 5.74) is 7.03. The van der Waals surface area contributed by atoms with Crippen LogP contribution in [-0.4, -0.2) is 28.6 Å². The van der Waals surface area contributed by atoms with Crippen LogP contribution < -0.4 is 21.7 Å². The van der Waals surface area contributed by atoms with Gasteiger partial charge in [0.2, 0.25) is 5.95 Å². The first kappa shape index (κ1) is 13.1. The molecule has 6 nitrogen and oxygen atoms in total. The second-order valence-corrected chi connectivity index (χ2v) is 5.34. The summed E-state index contributed by atoms with van der Waals surface area (Å²) in [5, 5.41) is 3.85. The van der Waals surface area contributed by atoms with Gasteiger partial charge in [-0.05, 0) is 26.0 Å². The molecule has 0 radical (unpaired) electrons. The molecule has 1 aliphatic rings. The summed E-state index contributed by atoms with van der Waals surface area (Å²) in [6, 6.07) is 8.10. The van der Waals surface area contributed by atoms with Gasteiger partial charge in [0, 0.05) is 24.5 Å². The quantitative estimate of drug-likeness (QED) is 0.666. The van der Waals surface area contributed by atoms with Crippen LogP contribution in [0.2, 0.25) is 0 Å². The Kier molecular flexibility index (Phi) is 3.42. The minimum atomic E-state index is -0.109. The first-order chi connectivity index (χ1) is 9.65. The highest BCUT2D eigenvalue weighted by molar-refractivity contribution is 5.78. The van der Waals surface area contributed by atoms with E-state index in [4.69, 9.17) is 0 Å². The Morgan fingerprint density at radius 3 is 2.65 bits per heavy atom. The van der Waals surface area contributed by atoms with Gasteiger partial charge in [0.15, 0.2) is 0 Å². The SMILES string of the molecule is CC1NNC(C)C1CNc1nc2ccccc2c(=O)[nH]1. The molecule has 106 valence electrons. The topological polar surface area (TPSA) is 81.8 Å². The van der Waals surface area contributed by atoms with Crippen LogP contribution >= 0.6 is 0 Å². The predicted octanol–water partition coefficient (Wildman–Crippen LogP) is 0.836. The zero-order valence-electron chi connectivity index (χ0n) is 11.6. The average molecular weight is 273 g/mol. The molecule has 20 heavy (non-hydrogen) atoms. The number of hydrogen-bond acceptors (Lipinski definition) is 5. The standard InChI is InChI=1S/C14H19N5O/c1-8-11(9(2)19-18-8)7-15-14-16-12-6-4-3-5-10(12)13(20)17-14/h3-6,8-9,11,18-19H,7H2,1-2H3,(H2,15,16,17,20). The highest BCUT2D eigenvalue weighted by Crippen LogP contribution is 2.15.